The van der Waals surface area contributed by atoms with Crippen LogP contribution >= 0.6 is 0 Å². The Labute approximate surface area is 113 Å². The minimum Gasteiger partial charge on any atom is -0.465 e. The maximum Gasteiger partial charge on any atom is 0.291 e. The number of carbonyl (C=O) groups is 1. The van der Waals surface area contributed by atoms with Crippen molar-refractivity contribution in [2.24, 2.45) is 4.99 Å². The minimum absolute atomic E-state index is 0.228. The van der Waals surface area contributed by atoms with Gasteiger partial charge in [-0.2, -0.15) is 0 Å². The second-order valence-electron chi connectivity index (χ2n) is 3.94. The summed E-state index contributed by atoms with van der Waals surface area (Å²) in [6.07, 6.45) is 0. The maximum atomic E-state index is 12.0. The molecule has 0 unspecified atom stereocenters. The summed E-state index contributed by atoms with van der Waals surface area (Å²) in [5.74, 6) is -0.228. The Morgan fingerprint density at radius 3 is 2.84 bits per heavy atom. The van der Waals surface area contributed by atoms with Gasteiger partial charge in [-0.15, -0.1) is 0 Å². The lowest BCUT2D eigenvalue weighted by Crippen LogP contribution is -2.33. The molecule has 0 spiro atoms. The molecule has 0 heterocycles. The summed E-state index contributed by atoms with van der Waals surface area (Å²) in [5.41, 5.74) is 1.61. The largest absolute Gasteiger partial charge is 0.465 e. The molecule has 5 nitrogen and oxygen atoms in total. The number of nitrogens with zero attached hydrogens (tertiary/aromatic N) is 1. The molecule has 0 aliphatic carbocycles. The molecule has 104 valence electrons. The quantitative estimate of drug-likeness (QED) is 0.501. The monoisotopic (exact) mass is 264 g/mol. The fourth-order valence-electron chi connectivity index (χ4n) is 1.45. The van der Waals surface area contributed by atoms with Gasteiger partial charge in [0.2, 0.25) is 0 Å². The normalized spacial score (nSPS) is 11.2. The van der Waals surface area contributed by atoms with Crippen LogP contribution in [0, 0.1) is 6.92 Å². The molecule has 0 aromatic heterocycles. The van der Waals surface area contributed by atoms with Gasteiger partial charge in [0.15, 0.2) is 0 Å². The van der Waals surface area contributed by atoms with E-state index in [1.807, 2.05) is 32.0 Å². The van der Waals surface area contributed by atoms with Gasteiger partial charge in [0.1, 0.15) is 0 Å². The van der Waals surface area contributed by atoms with E-state index in [1.165, 1.54) is 0 Å². The summed E-state index contributed by atoms with van der Waals surface area (Å²) in [7, 11) is 1.60. The number of amides is 1. The third-order valence-corrected chi connectivity index (χ3v) is 2.33. The van der Waals surface area contributed by atoms with Gasteiger partial charge in [-0.3, -0.25) is 10.1 Å². The predicted octanol–water partition coefficient (Wildman–Crippen LogP) is 1.76. The van der Waals surface area contributed by atoms with Crippen molar-refractivity contribution < 1.29 is 14.3 Å². The summed E-state index contributed by atoms with van der Waals surface area (Å²) in [6, 6.07) is 7.57. The first kappa shape index (κ1) is 15.2. The van der Waals surface area contributed by atoms with Crippen molar-refractivity contribution in [1.29, 1.82) is 0 Å². The van der Waals surface area contributed by atoms with Crippen molar-refractivity contribution in [2.45, 2.75) is 13.8 Å². The van der Waals surface area contributed by atoms with Crippen LogP contribution in [0.2, 0.25) is 0 Å². The fraction of sp³-hybridized carbons (Fsp3) is 0.429. The predicted molar refractivity (Wildman–Crippen MR) is 74.4 cm³/mol. The van der Waals surface area contributed by atoms with Crippen molar-refractivity contribution in [3.05, 3.63) is 35.4 Å². The molecule has 1 aromatic rings. The van der Waals surface area contributed by atoms with Crippen LogP contribution in [0.5, 0.6) is 0 Å². The molecular formula is C14H20N2O3. The standard InChI is InChI=1S/C14H20N2O3/c1-4-19-14(15-8-9-18-3)16-13(17)12-7-5-6-11(2)10-12/h5-7,10H,4,8-9H2,1-3H3,(H,15,16,17). The highest BCUT2D eigenvalue weighted by Crippen LogP contribution is 2.03. The molecule has 0 saturated carbocycles. The van der Waals surface area contributed by atoms with Crippen LogP contribution in [-0.4, -0.2) is 38.8 Å². The van der Waals surface area contributed by atoms with E-state index in [1.54, 1.807) is 13.2 Å². The number of benzene rings is 1. The van der Waals surface area contributed by atoms with Crippen LogP contribution in [0.25, 0.3) is 0 Å². The van der Waals surface area contributed by atoms with Crippen molar-refractivity contribution in [3.63, 3.8) is 0 Å². The molecular weight excluding hydrogens is 244 g/mol. The molecule has 1 aromatic carbocycles. The van der Waals surface area contributed by atoms with Crippen molar-refractivity contribution >= 4 is 11.9 Å². The molecule has 0 aliphatic heterocycles. The molecule has 1 rings (SSSR count). The first-order valence-corrected chi connectivity index (χ1v) is 6.21. The number of ether oxygens (including phenoxy) is 2. The van der Waals surface area contributed by atoms with Gasteiger partial charge in [0, 0.05) is 12.7 Å². The third kappa shape index (κ3) is 5.52. The van der Waals surface area contributed by atoms with Gasteiger partial charge in [0.25, 0.3) is 11.9 Å². The molecule has 19 heavy (non-hydrogen) atoms. The van der Waals surface area contributed by atoms with E-state index >= 15 is 0 Å². The number of amidine groups is 1. The number of hydrogen-bond acceptors (Lipinski definition) is 4. The number of aliphatic imine (C=N–C) groups is 1. The molecule has 0 bridgehead atoms. The zero-order chi connectivity index (χ0) is 14.1. The lowest BCUT2D eigenvalue weighted by Gasteiger charge is -2.09. The van der Waals surface area contributed by atoms with Crippen LogP contribution in [-0.2, 0) is 9.47 Å². The first-order chi connectivity index (χ1) is 9.17. The molecule has 0 saturated heterocycles. The highest BCUT2D eigenvalue weighted by Gasteiger charge is 2.09. The van der Waals surface area contributed by atoms with Crippen molar-refractivity contribution in [2.75, 3.05) is 26.9 Å². The lowest BCUT2D eigenvalue weighted by molar-refractivity contribution is 0.0966. The highest BCUT2D eigenvalue weighted by molar-refractivity contribution is 6.04. The van der Waals surface area contributed by atoms with Crippen LogP contribution < -0.4 is 5.32 Å². The highest BCUT2D eigenvalue weighted by atomic mass is 16.5. The summed E-state index contributed by atoms with van der Waals surface area (Å²) < 4.78 is 10.2. The van der Waals surface area contributed by atoms with E-state index in [9.17, 15) is 4.79 Å². The summed E-state index contributed by atoms with van der Waals surface area (Å²) >= 11 is 0. The average molecular weight is 264 g/mol. The van der Waals surface area contributed by atoms with Gasteiger partial charge in [-0.25, -0.2) is 4.99 Å². The topological polar surface area (TPSA) is 59.9 Å². The third-order valence-electron chi connectivity index (χ3n) is 2.33. The molecule has 0 aliphatic rings. The Morgan fingerprint density at radius 2 is 2.21 bits per heavy atom. The van der Waals surface area contributed by atoms with Crippen molar-refractivity contribution in [3.8, 4) is 0 Å². The number of carbonyl (C=O) groups excluding carboxylic acids is 1. The minimum atomic E-state index is -0.228. The van der Waals surface area contributed by atoms with Crippen LogP contribution in [0.15, 0.2) is 29.3 Å². The van der Waals surface area contributed by atoms with Gasteiger partial charge < -0.3 is 9.47 Å². The van der Waals surface area contributed by atoms with E-state index in [4.69, 9.17) is 9.47 Å². The molecule has 1 N–H and O–H groups in total. The Balaban J connectivity index is 2.68. The summed E-state index contributed by atoms with van der Waals surface area (Å²) in [4.78, 5) is 16.1. The Morgan fingerprint density at radius 1 is 1.42 bits per heavy atom. The number of aryl methyl sites for hydroxylation is 1. The zero-order valence-electron chi connectivity index (χ0n) is 11.6. The van der Waals surface area contributed by atoms with Crippen molar-refractivity contribution in [1.82, 2.24) is 5.32 Å². The van der Waals surface area contributed by atoms with Crippen LogP contribution in [0.4, 0.5) is 0 Å². The number of rotatable bonds is 5. The first-order valence-electron chi connectivity index (χ1n) is 6.21. The maximum absolute atomic E-state index is 12.0. The number of methoxy groups -OCH3 is 1. The van der Waals surface area contributed by atoms with Gasteiger partial charge in [-0.1, -0.05) is 17.7 Å². The van der Waals surface area contributed by atoms with Crippen LogP contribution in [0.3, 0.4) is 0 Å². The fourth-order valence-corrected chi connectivity index (χ4v) is 1.45. The van der Waals surface area contributed by atoms with E-state index in [0.29, 0.717) is 25.3 Å². The molecule has 0 fully saturated rings. The van der Waals surface area contributed by atoms with Crippen LogP contribution in [0.1, 0.15) is 22.8 Å². The lowest BCUT2D eigenvalue weighted by atomic mass is 10.1. The Kier molecular flexibility index (Phi) is 6.60. The average Bonchev–Trinajstić information content (AvgIpc) is 2.39. The van der Waals surface area contributed by atoms with E-state index in [0.717, 1.165) is 5.56 Å². The summed E-state index contributed by atoms with van der Waals surface area (Å²) in [6.45, 7) is 5.15. The van der Waals surface area contributed by atoms with Gasteiger partial charge in [0.05, 0.1) is 19.8 Å². The van der Waals surface area contributed by atoms with Gasteiger partial charge >= 0.3 is 0 Å². The second-order valence-corrected chi connectivity index (χ2v) is 3.94. The smallest absolute Gasteiger partial charge is 0.291 e. The zero-order valence-corrected chi connectivity index (χ0v) is 11.6. The van der Waals surface area contributed by atoms with E-state index in [2.05, 4.69) is 10.3 Å². The molecule has 0 atom stereocenters. The van der Waals surface area contributed by atoms with E-state index < -0.39 is 0 Å². The second kappa shape index (κ2) is 8.26. The summed E-state index contributed by atoms with van der Waals surface area (Å²) in [5, 5.41) is 2.65. The Bertz CT molecular complexity index is 444. The van der Waals surface area contributed by atoms with Gasteiger partial charge in [-0.05, 0) is 26.0 Å². The molecule has 1 amide bonds. The van der Waals surface area contributed by atoms with E-state index in [-0.39, 0.29) is 11.9 Å². The molecule has 0 radical (unpaired) electrons. The number of nitrogens with one attached hydrogen (secondary N) is 1. The molecule has 5 heteroatoms. The Hall–Kier alpha value is -1.88. The SMILES string of the molecule is CCOC(=NCCOC)NC(=O)c1cccc(C)c1. The number of hydrogen-bond donors (Lipinski definition) is 1.